The third-order valence-electron chi connectivity index (χ3n) is 5.74. The maximum atomic E-state index is 12.6. The van der Waals surface area contributed by atoms with Gasteiger partial charge in [-0.1, -0.05) is 71.6 Å². The molecule has 0 bridgehead atoms. The molecule has 2 atom stereocenters. The highest BCUT2D eigenvalue weighted by molar-refractivity contribution is 5.96. The molecule has 0 saturated carbocycles. The largest absolute Gasteiger partial charge is 0.479 e. The highest BCUT2D eigenvalue weighted by atomic mass is 16.6. The molecule has 0 aliphatic rings. The van der Waals surface area contributed by atoms with Crippen LogP contribution >= 0.6 is 0 Å². The summed E-state index contributed by atoms with van der Waals surface area (Å²) in [5.41, 5.74) is 5.87. The van der Waals surface area contributed by atoms with Crippen molar-refractivity contribution in [2.75, 3.05) is 0 Å². The van der Waals surface area contributed by atoms with Gasteiger partial charge in [0.2, 0.25) is 0 Å². The van der Waals surface area contributed by atoms with Crippen molar-refractivity contribution in [1.82, 2.24) is 0 Å². The highest BCUT2D eigenvalue weighted by Crippen LogP contribution is 2.20. The molecule has 0 aliphatic heterocycles. The number of primary amides is 1. The Labute approximate surface area is 199 Å². The number of nitrogens with two attached hydrogens (primary N) is 1. The van der Waals surface area contributed by atoms with Crippen LogP contribution in [-0.2, 0) is 14.3 Å². The summed E-state index contributed by atoms with van der Waals surface area (Å²) in [6.07, 6.45) is 11.3. The minimum absolute atomic E-state index is 0.122. The van der Waals surface area contributed by atoms with E-state index in [0.29, 0.717) is 24.2 Å². The average Bonchev–Trinajstić information content (AvgIpc) is 2.80. The number of benzene rings is 1. The summed E-state index contributed by atoms with van der Waals surface area (Å²) in [6, 6.07) is 6.90. The Morgan fingerprint density at radius 1 is 0.818 bits per heavy atom. The quantitative estimate of drug-likeness (QED) is 0.151. The second-order valence-corrected chi connectivity index (χ2v) is 8.76. The van der Waals surface area contributed by atoms with E-state index in [0.717, 1.165) is 32.1 Å². The van der Waals surface area contributed by atoms with Gasteiger partial charge in [0.05, 0.1) is 0 Å². The van der Waals surface area contributed by atoms with Crippen LogP contribution in [0, 0.1) is 0 Å². The Morgan fingerprint density at radius 2 is 1.36 bits per heavy atom. The Kier molecular flexibility index (Phi) is 14.9. The van der Waals surface area contributed by atoms with Crippen LogP contribution in [0.4, 0.5) is 0 Å². The van der Waals surface area contributed by atoms with Crippen molar-refractivity contribution in [1.29, 1.82) is 0 Å². The molecular weight excluding hydrogens is 418 g/mol. The lowest BCUT2D eigenvalue weighted by molar-refractivity contribution is -0.161. The van der Waals surface area contributed by atoms with Crippen molar-refractivity contribution in [2.24, 2.45) is 5.73 Å². The number of unbranched alkanes of at least 4 members (excludes halogenated alkanes) is 9. The van der Waals surface area contributed by atoms with Crippen LogP contribution in [-0.4, -0.2) is 29.9 Å². The molecule has 186 valence electrons. The third-order valence-corrected chi connectivity index (χ3v) is 5.74. The molecule has 1 rings (SSSR count). The standard InChI is InChI=1S/C27H43NO5/c1-4-6-8-10-12-14-16-25(27(31)32-21(3)26(28)30)33-23-19-17-22(18-20-23)24(29)15-13-11-9-7-5-2/h17-21,25H,4-16H2,1-3H3,(H2,28,30)/t21-,25-/m0/s1. The van der Waals surface area contributed by atoms with Crippen LogP contribution in [0.3, 0.4) is 0 Å². The molecule has 6 nitrogen and oxygen atoms in total. The van der Waals surface area contributed by atoms with Crippen molar-refractivity contribution in [3.63, 3.8) is 0 Å². The number of hydrogen-bond donors (Lipinski definition) is 1. The monoisotopic (exact) mass is 461 g/mol. The first-order chi connectivity index (χ1) is 15.9. The first-order valence-electron chi connectivity index (χ1n) is 12.7. The molecule has 0 saturated heterocycles. The minimum Gasteiger partial charge on any atom is -0.479 e. The number of carbonyl (C=O) groups excluding carboxylic acids is 3. The van der Waals surface area contributed by atoms with Crippen LogP contribution in [0.25, 0.3) is 0 Å². The van der Waals surface area contributed by atoms with Gasteiger partial charge in [0.15, 0.2) is 18.0 Å². The van der Waals surface area contributed by atoms with E-state index in [1.807, 2.05) is 0 Å². The van der Waals surface area contributed by atoms with Crippen LogP contribution < -0.4 is 10.5 Å². The summed E-state index contributed by atoms with van der Waals surface area (Å²) in [6.45, 7) is 5.79. The van der Waals surface area contributed by atoms with Gasteiger partial charge in [0.25, 0.3) is 5.91 Å². The van der Waals surface area contributed by atoms with Crippen molar-refractivity contribution in [2.45, 2.75) is 116 Å². The SMILES string of the molecule is CCCCCCCC[C@H](Oc1ccc(C(=O)CCCCCCC)cc1)C(=O)O[C@@H](C)C(N)=O. The summed E-state index contributed by atoms with van der Waals surface area (Å²) in [5, 5.41) is 0. The number of amides is 1. The van der Waals surface area contributed by atoms with Crippen LogP contribution in [0.5, 0.6) is 5.75 Å². The maximum absolute atomic E-state index is 12.6. The number of ether oxygens (including phenoxy) is 2. The normalized spacial score (nSPS) is 12.7. The maximum Gasteiger partial charge on any atom is 0.348 e. The van der Waals surface area contributed by atoms with Gasteiger partial charge in [-0.3, -0.25) is 9.59 Å². The number of rotatable bonds is 19. The van der Waals surface area contributed by atoms with E-state index >= 15 is 0 Å². The zero-order valence-corrected chi connectivity index (χ0v) is 20.8. The summed E-state index contributed by atoms with van der Waals surface area (Å²) in [5.74, 6) is -0.674. The molecule has 1 aromatic carbocycles. The van der Waals surface area contributed by atoms with Gasteiger partial charge >= 0.3 is 5.97 Å². The van der Waals surface area contributed by atoms with Crippen molar-refractivity contribution < 1.29 is 23.9 Å². The molecule has 0 spiro atoms. The lowest BCUT2D eigenvalue weighted by Crippen LogP contribution is -2.37. The van der Waals surface area contributed by atoms with Crippen molar-refractivity contribution in [3.8, 4) is 5.75 Å². The van der Waals surface area contributed by atoms with Crippen molar-refractivity contribution >= 4 is 17.7 Å². The molecule has 0 heterocycles. The van der Waals surface area contributed by atoms with Gasteiger partial charge in [-0.2, -0.15) is 0 Å². The topological polar surface area (TPSA) is 95.7 Å². The fourth-order valence-electron chi connectivity index (χ4n) is 3.56. The smallest absolute Gasteiger partial charge is 0.348 e. The van der Waals surface area contributed by atoms with Gasteiger partial charge in [-0.05, 0) is 50.5 Å². The van der Waals surface area contributed by atoms with E-state index in [4.69, 9.17) is 15.2 Å². The van der Waals surface area contributed by atoms with Gasteiger partial charge in [0, 0.05) is 12.0 Å². The first kappa shape index (κ1) is 28.7. The Morgan fingerprint density at radius 3 is 1.94 bits per heavy atom. The van der Waals surface area contributed by atoms with Crippen molar-refractivity contribution in [3.05, 3.63) is 29.8 Å². The van der Waals surface area contributed by atoms with Crippen LogP contribution in [0.2, 0.25) is 0 Å². The highest BCUT2D eigenvalue weighted by Gasteiger charge is 2.25. The van der Waals surface area contributed by atoms with E-state index < -0.39 is 24.1 Å². The van der Waals surface area contributed by atoms with E-state index in [1.165, 1.54) is 45.4 Å². The summed E-state index contributed by atoms with van der Waals surface area (Å²) in [7, 11) is 0. The first-order valence-corrected chi connectivity index (χ1v) is 12.7. The third kappa shape index (κ3) is 12.4. The Hall–Kier alpha value is -2.37. The summed E-state index contributed by atoms with van der Waals surface area (Å²) >= 11 is 0. The zero-order valence-electron chi connectivity index (χ0n) is 20.8. The minimum atomic E-state index is -1.01. The fourth-order valence-corrected chi connectivity index (χ4v) is 3.56. The van der Waals surface area contributed by atoms with Crippen LogP contribution in [0.1, 0.15) is 115 Å². The molecular formula is C27H43NO5. The van der Waals surface area contributed by atoms with E-state index in [2.05, 4.69) is 13.8 Å². The molecule has 1 amide bonds. The molecule has 6 heteroatoms. The predicted octanol–water partition coefficient (Wildman–Crippen LogP) is 6.14. The molecule has 0 radical (unpaired) electrons. The lowest BCUT2D eigenvalue weighted by atomic mass is 10.0. The Bertz CT molecular complexity index is 701. The number of ketones is 1. The number of Topliss-reactive ketones (excluding diaryl/α,β-unsaturated/α-hetero) is 1. The zero-order chi connectivity index (χ0) is 24.5. The van der Waals surface area contributed by atoms with Gasteiger partial charge < -0.3 is 15.2 Å². The fraction of sp³-hybridized carbons (Fsp3) is 0.667. The van der Waals surface area contributed by atoms with Gasteiger partial charge in [-0.15, -0.1) is 0 Å². The molecule has 0 unspecified atom stereocenters. The molecule has 0 aromatic heterocycles. The van der Waals surface area contributed by atoms with Gasteiger partial charge in [0.1, 0.15) is 5.75 Å². The second kappa shape index (κ2) is 17.2. The predicted molar refractivity (Wildman–Crippen MR) is 131 cm³/mol. The summed E-state index contributed by atoms with van der Waals surface area (Å²) in [4.78, 5) is 36.3. The molecule has 1 aromatic rings. The molecule has 0 aliphatic carbocycles. The number of carbonyl (C=O) groups is 3. The van der Waals surface area contributed by atoms with E-state index in [1.54, 1.807) is 24.3 Å². The van der Waals surface area contributed by atoms with Gasteiger partial charge in [-0.25, -0.2) is 4.79 Å². The Balaban J connectivity index is 2.65. The summed E-state index contributed by atoms with van der Waals surface area (Å²) < 4.78 is 11.1. The molecule has 33 heavy (non-hydrogen) atoms. The van der Waals surface area contributed by atoms with E-state index in [-0.39, 0.29) is 5.78 Å². The van der Waals surface area contributed by atoms with E-state index in [9.17, 15) is 14.4 Å². The van der Waals surface area contributed by atoms with Crippen LogP contribution in [0.15, 0.2) is 24.3 Å². The second-order valence-electron chi connectivity index (χ2n) is 8.76. The number of esters is 1. The molecule has 2 N–H and O–H groups in total. The average molecular weight is 462 g/mol. The molecule has 0 fully saturated rings. The number of hydrogen-bond acceptors (Lipinski definition) is 5. The lowest BCUT2D eigenvalue weighted by Gasteiger charge is -2.20.